The Morgan fingerprint density at radius 1 is 1.27 bits per heavy atom. The van der Waals surface area contributed by atoms with E-state index < -0.39 is 0 Å². The van der Waals surface area contributed by atoms with Crippen LogP contribution in [0.4, 0.5) is 0 Å². The molecule has 0 aromatic rings. The van der Waals surface area contributed by atoms with Gasteiger partial charge in [0.05, 0.1) is 0 Å². The van der Waals surface area contributed by atoms with E-state index in [1.807, 2.05) is 13.8 Å². The lowest BCUT2D eigenvalue weighted by atomic mass is 10.1. The van der Waals surface area contributed by atoms with Crippen LogP contribution in [0.1, 0.15) is 47.0 Å². The molecule has 3 N–H and O–H groups in total. The van der Waals surface area contributed by atoms with Crippen molar-refractivity contribution in [3.8, 4) is 0 Å². The molecule has 0 saturated heterocycles. The molecule has 0 bridgehead atoms. The van der Waals surface area contributed by atoms with Crippen molar-refractivity contribution in [3.05, 3.63) is 0 Å². The average Bonchev–Trinajstić information content (AvgIpc) is 2.12. The highest BCUT2D eigenvalue weighted by atomic mass is 16.2. The number of hydrogen-bond donors (Lipinski definition) is 2. The Balaban J connectivity index is -0.000000138. The normalized spacial score (nSPS) is 10.0. The fourth-order valence-corrected chi connectivity index (χ4v) is 0.575. The molecule has 1 atom stereocenters. The summed E-state index contributed by atoms with van der Waals surface area (Å²) in [6.45, 7) is 8.29. The van der Waals surface area contributed by atoms with Crippen molar-refractivity contribution in [2.45, 2.75) is 53.0 Å². The van der Waals surface area contributed by atoms with E-state index in [9.17, 15) is 0 Å². The second-order valence-electron chi connectivity index (χ2n) is 1.96. The summed E-state index contributed by atoms with van der Waals surface area (Å²) in [5.74, 6) is 0. The average molecular weight is 159 g/mol. The van der Waals surface area contributed by atoms with Crippen molar-refractivity contribution < 1.29 is 5.02 Å². The summed E-state index contributed by atoms with van der Waals surface area (Å²) in [7, 11) is 3.50. The topological polar surface area (TPSA) is 46.2 Å². The zero-order chi connectivity index (χ0) is 9.70. The Hall–Kier alpha value is -0.0151. The molecule has 0 saturated carbocycles. The van der Waals surface area contributed by atoms with E-state index >= 15 is 0 Å². The van der Waals surface area contributed by atoms with E-state index in [0.29, 0.717) is 6.04 Å². The van der Waals surface area contributed by atoms with Crippen LogP contribution >= 0.6 is 0 Å². The van der Waals surface area contributed by atoms with Crippen LogP contribution in [0.5, 0.6) is 0 Å². The molecule has 2 radical (unpaired) electrons. The number of rotatable bonds is 3. The van der Waals surface area contributed by atoms with Crippen LogP contribution in [-0.4, -0.2) is 19.1 Å². The molecule has 0 fully saturated rings. The maximum Gasteiger partial charge on any atom is 0.277 e. The van der Waals surface area contributed by atoms with Gasteiger partial charge >= 0.3 is 0 Å². The first-order valence-corrected chi connectivity index (χ1v) is 4.32. The summed E-state index contributed by atoms with van der Waals surface area (Å²) in [5, 5.41) is 6.50. The van der Waals surface area contributed by atoms with Crippen molar-refractivity contribution >= 4 is 8.05 Å². The van der Waals surface area contributed by atoms with Crippen molar-refractivity contribution in [3.63, 3.8) is 0 Å². The SMILES string of the molecule is CC.CCCC(N)CC.[B]O. The Morgan fingerprint density at radius 2 is 1.64 bits per heavy atom. The Labute approximate surface area is 72.6 Å². The molecule has 3 heteroatoms. The van der Waals surface area contributed by atoms with Gasteiger partial charge in [0, 0.05) is 6.04 Å². The van der Waals surface area contributed by atoms with Crippen LogP contribution in [0.15, 0.2) is 0 Å². The standard InChI is InChI=1S/C6H15N.C2H6.BHO/c1-3-5-6(7)4-2;2*1-2/h6H,3-5,7H2,1-2H3;1-2H3;2H. The Bertz CT molecular complexity index is 45.1. The molecule has 0 aliphatic carbocycles. The van der Waals surface area contributed by atoms with Crippen LogP contribution in [0.2, 0.25) is 0 Å². The number of nitrogens with two attached hydrogens (primary N) is 1. The van der Waals surface area contributed by atoms with Gasteiger partial charge in [-0.25, -0.2) is 0 Å². The molecule has 0 spiro atoms. The maximum absolute atomic E-state index is 6.50. The lowest BCUT2D eigenvalue weighted by Crippen LogP contribution is -2.17. The van der Waals surface area contributed by atoms with Gasteiger partial charge in [-0.05, 0) is 12.8 Å². The fourth-order valence-electron chi connectivity index (χ4n) is 0.575. The van der Waals surface area contributed by atoms with Crippen molar-refractivity contribution in [1.82, 2.24) is 0 Å². The highest BCUT2D eigenvalue weighted by Crippen LogP contribution is 1.95. The lowest BCUT2D eigenvalue weighted by Gasteiger charge is -2.03. The summed E-state index contributed by atoms with van der Waals surface area (Å²) < 4.78 is 0. The fraction of sp³-hybridized carbons (Fsp3) is 1.00. The minimum absolute atomic E-state index is 0.449. The van der Waals surface area contributed by atoms with Gasteiger partial charge in [-0.3, -0.25) is 0 Å². The zero-order valence-corrected chi connectivity index (χ0v) is 8.30. The minimum atomic E-state index is 0.449. The summed E-state index contributed by atoms with van der Waals surface area (Å²) in [5.41, 5.74) is 5.58. The first kappa shape index (κ1) is 17.2. The van der Waals surface area contributed by atoms with Crippen molar-refractivity contribution in [2.75, 3.05) is 0 Å². The third-order valence-electron chi connectivity index (χ3n) is 1.18. The molecule has 0 aliphatic heterocycles. The summed E-state index contributed by atoms with van der Waals surface area (Å²) in [6, 6.07) is 0.449. The second-order valence-corrected chi connectivity index (χ2v) is 1.96. The largest absolute Gasteiger partial charge is 0.461 e. The third-order valence-corrected chi connectivity index (χ3v) is 1.18. The molecule has 11 heavy (non-hydrogen) atoms. The van der Waals surface area contributed by atoms with Gasteiger partial charge in [-0.2, -0.15) is 0 Å². The molecule has 0 aromatic heterocycles. The van der Waals surface area contributed by atoms with Crippen LogP contribution in [0.3, 0.4) is 0 Å². The van der Waals surface area contributed by atoms with Gasteiger partial charge in [-0.15, -0.1) is 0 Å². The molecular formula is C8H22BNO. The van der Waals surface area contributed by atoms with E-state index in [1.165, 1.54) is 12.8 Å². The summed E-state index contributed by atoms with van der Waals surface area (Å²) in [6.07, 6.45) is 3.51. The molecule has 1 unspecified atom stereocenters. The monoisotopic (exact) mass is 159 g/mol. The van der Waals surface area contributed by atoms with Crippen LogP contribution in [0.25, 0.3) is 0 Å². The molecule has 68 valence electrons. The van der Waals surface area contributed by atoms with E-state index in [2.05, 4.69) is 21.9 Å². The van der Waals surface area contributed by atoms with E-state index in [0.717, 1.165) is 6.42 Å². The molecule has 2 nitrogen and oxygen atoms in total. The second kappa shape index (κ2) is 22.5. The van der Waals surface area contributed by atoms with Gasteiger partial charge < -0.3 is 10.8 Å². The van der Waals surface area contributed by atoms with Gasteiger partial charge in [0.1, 0.15) is 0 Å². The predicted octanol–water partition coefficient (Wildman–Crippen LogP) is 1.61. The molecule has 0 aromatic carbocycles. The molecular weight excluding hydrogens is 137 g/mol. The molecule has 0 heterocycles. The first-order chi connectivity index (χ1) is 5.31. The smallest absolute Gasteiger partial charge is 0.277 e. The molecule has 0 rings (SSSR count). The molecule has 0 aliphatic rings. The van der Waals surface area contributed by atoms with Crippen LogP contribution in [-0.2, 0) is 0 Å². The lowest BCUT2D eigenvalue weighted by molar-refractivity contribution is 0.587. The molecule has 0 amide bonds. The van der Waals surface area contributed by atoms with Crippen molar-refractivity contribution in [1.29, 1.82) is 0 Å². The zero-order valence-electron chi connectivity index (χ0n) is 8.30. The Kier molecular flexibility index (Phi) is 35.1. The van der Waals surface area contributed by atoms with Gasteiger partial charge in [-0.1, -0.05) is 34.1 Å². The summed E-state index contributed by atoms with van der Waals surface area (Å²) in [4.78, 5) is 0. The van der Waals surface area contributed by atoms with Gasteiger partial charge in [0.15, 0.2) is 0 Å². The highest BCUT2D eigenvalue weighted by Gasteiger charge is 1.92. The van der Waals surface area contributed by atoms with E-state index in [-0.39, 0.29) is 0 Å². The maximum atomic E-state index is 6.50. The van der Waals surface area contributed by atoms with Gasteiger partial charge in [0.2, 0.25) is 0 Å². The van der Waals surface area contributed by atoms with Crippen LogP contribution < -0.4 is 5.73 Å². The quantitative estimate of drug-likeness (QED) is 0.614. The Morgan fingerprint density at radius 3 is 1.73 bits per heavy atom. The summed E-state index contributed by atoms with van der Waals surface area (Å²) >= 11 is 0. The van der Waals surface area contributed by atoms with E-state index in [4.69, 9.17) is 10.8 Å². The minimum Gasteiger partial charge on any atom is -0.461 e. The predicted molar refractivity (Wildman–Crippen MR) is 52.5 cm³/mol. The van der Waals surface area contributed by atoms with Crippen LogP contribution in [0, 0.1) is 0 Å². The van der Waals surface area contributed by atoms with Gasteiger partial charge in [0.25, 0.3) is 8.05 Å². The highest BCUT2D eigenvalue weighted by molar-refractivity contribution is 5.95. The third kappa shape index (κ3) is 25.6. The number of hydrogen-bond acceptors (Lipinski definition) is 2. The van der Waals surface area contributed by atoms with Crippen molar-refractivity contribution in [2.24, 2.45) is 5.73 Å². The van der Waals surface area contributed by atoms with E-state index in [1.54, 1.807) is 0 Å². The first-order valence-electron chi connectivity index (χ1n) is 4.32.